The number of nitrogens with one attached hydrogen (secondary N) is 2. The highest BCUT2D eigenvalue weighted by atomic mass is 19.2. The SMILES string of the molecule is CC[C@@H](C(=O)NC(CC(=O)O)C(=O)COc1c(F)c(F)cc(F)c1F)n1cccc(NC(=O)C(C)C)c1=O. The molecule has 2 aromatic rings. The van der Waals surface area contributed by atoms with E-state index in [9.17, 15) is 41.5 Å². The number of amides is 2. The maximum Gasteiger partial charge on any atom is 0.305 e. The number of hydrogen-bond acceptors (Lipinski definition) is 6. The number of halogens is 4. The molecule has 0 spiro atoms. The molecule has 1 heterocycles. The van der Waals surface area contributed by atoms with Crippen LogP contribution in [0, 0.1) is 29.2 Å². The van der Waals surface area contributed by atoms with Gasteiger partial charge in [0.25, 0.3) is 5.56 Å². The van der Waals surface area contributed by atoms with Crippen LogP contribution in [-0.2, 0) is 19.2 Å². The molecule has 3 N–H and O–H groups in total. The highest BCUT2D eigenvalue weighted by Crippen LogP contribution is 2.26. The number of nitrogens with zero attached hydrogens (tertiary/aromatic N) is 1. The van der Waals surface area contributed by atoms with Gasteiger partial charge in [0.2, 0.25) is 23.4 Å². The topological polar surface area (TPSA) is 144 Å². The lowest BCUT2D eigenvalue weighted by Crippen LogP contribution is -2.48. The molecule has 2 atom stereocenters. The normalized spacial score (nSPS) is 12.5. The first-order chi connectivity index (χ1) is 17.8. The first kappa shape index (κ1) is 30.0. The zero-order chi connectivity index (χ0) is 28.7. The second-order valence-corrected chi connectivity index (χ2v) is 8.41. The van der Waals surface area contributed by atoms with Gasteiger partial charge in [0.15, 0.2) is 23.2 Å². The van der Waals surface area contributed by atoms with E-state index in [4.69, 9.17) is 5.11 Å². The van der Waals surface area contributed by atoms with Gasteiger partial charge in [0.1, 0.15) is 24.4 Å². The number of carbonyl (C=O) groups is 4. The number of benzene rings is 1. The Morgan fingerprint density at radius 2 is 1.66 bits per heavy atom. The van der Waals surface area contributed by atoms with Gasteiger partial charge in [-0.25, -0.2) is 8.78 Å². The quantitative estimate of drug-likeness (QED) is 0.276. The summed E-state index contributed by atoms with van der Waals surface area (Å²) in [5.41, 5.74) is -0.859. The second kappa shape index (κ2) is 12.8. The van der Waals surface area contributed by atoms with Gasteiger partial charge < -0.3 is 25.0 Å². The van der Waals surface area contributed by atoms with Crippen molar-refractivity contribution in [3.05, 3.63) is 58.0 Å². The molecule has 0 saturated carbocycles. The van der Waals surface area contributed by atoms with Crippen LogP contribution in [0.25, 0.3) is 0 Å². The summed E-state index contributed by atoms with van der Waals surface area (Å²) in [4.78, 5) is 61.7. The lowest BCUT2D eigenvalue weighted by atomic mass is 10.1. The molecule has 1 aromatic heterocycles. The van der Waals surface area contributed by atoms with Crippen LogP contribution >= 0.6 is 0 Å². The summed E-state index contributed by atoms with van der Waals surface area (Å²) in [7, 11) is 0. The number of aromatic nitrogens is 1. The van der Waals surface area contributed by atoms with Crippen molar-refractivity contribution in [2.75, 3.05) is 11.9 Å². The van der Waals surface area contributed by atoms with Gasteiger partial charge >= 0.3 is 5.97 Å². The van der Waals surface area contributed by atoms with E-state index in [0.29, 0.717) is 0 Å². The summed E-state index contributed by atoms with van der Waals surface area (Å²) >= 11 is 0. The number of carboxylic acid groups (broad SMARTS) is 1. The smallest absolute Gasteiger partial charge is 0.305 e. The summed E-state index contributed by atoms with van der Waals surface area (Å²) in [6.45, 7) is 3.49. The molecule has 38 heavy (non-hydrogen) atoms. The Morgan fingerprint density at radius 3 is 2.18 bits per heavy atom. The molecule has 2 amide bonds. The van der Waals surface area contributed by atoms with Crippen molar-refractivity contribution < 1.29 is 46.6 Å². The number of anilines is 1. The van der Waals surface area contributed by atoms with Crippen LogP contribution < -0.4 is 20.9 Å². The number of aliphatic carboxylic acids is 1. The monoisotopic (exact) mass is 543 g/mol. The molecule has 0 fully saturated rings. The van der Waals surface area contributed by atoms with E-state index in [1.54, 1.807) is 13.8 Å². The summed E-state index contributed by atoms with van der Waals surface area (Å²) in [6, 6.07) is -0.398. The van der Waals surface area contributed by atoms with Crippen molar-refractivity contribution in [2.24, 2.45) is 5.92 Å². The predicted octanol–water partition coefficient (Wildman–Crippen LogP) is 2.56. The first-order valence-corrected chi connectivity index (χ1v) is 11.3. The molecule has 0 radical (unpaired) electrons. The number of ether oxygens (including phenoxy) is 1. The Morgan fingerprint density at radius 1 is 1.05 bits per heavy atom. The van der Waals surface area contributed by atoms with Crippen LogP contribution in [0.2, 0.25) is 0 Å². The third-order valence-electron chi connectivity index (χ3n) is 5.30. The molecule has 0 bridgehead atoms. The van der Waals surface area contributed by atoms with Crippen LogP contribution in [0.5, 0.6) is 5.75 Å². The summed E-state index contributed by atoms with van der Waals surface area (Å²) in [5, 5.41) is 13.7. The Balaban J connectivity index is 2.26. The van der Waals surface area contributed by atoms with Crippen molar-refractivity contribution in [3.63, 3.8) is 0 Å². The zero-order valence-corrected chi connectivity index (χ0v) is 20.5. The molecule has 10 nitrogen and oxygen atoms in total. The highest BCUT2D eigenvalue weighted by Gasteiger charge is 2.30. The second-order valence-electron chi connectivity index (χ2n) is 8.41. The molecule has 0 saturated heterocycles. The van der Waals surface area contributed by atoms with Gasteiger partial charge in [-0.05, 0) is 18.6 Å². The van der Waals surface area contributed by atoms with Crippen LogP contribution in [0.3, 0.4) is 0 Å². The molecule has 2 rings (SSSR count). The Labute approximate surface area is 213 Å². The van der Waals surface area contributed by atoms with Gasteiger partial charge in [-0.15, -0.1) is 0 Å². The summed E-state index contributed by atoms with van der Waals surface area (Å²) in [6.07, 6.45) is 0.269. The number of rotatable bonds is 12. The standard InChI is InChI=1S/C24H25F4N3O7/c1-4-16(31-7-5-6-14(24(31)37)29-22(35)11(2)3)23(36)30-15(9-18(33)34)17(32)10-38-21-19(27)12(25)8-13(26)20(21)28/h5-8,11,15-16H,4,9-10H2,1-3H3,(H,29,35)(H,30,36)(H,33,34)/t15?,16-/m0/s1. The fourth-order valence-electron chi connectivity index (χ4n) is 3.25. The largest absolute Gasteiger partial charge is 0.481 e. The van der Waals surface area contributed by atoms with Crippen LogP contribution in [0.15, 0.2) is 29.2 Å². The molecular formula is C24H25F4N3O7. The third kappa shape index (κ3) is 7.17. The number of hydrogen-bond donors (Lipinski definition) is 3. The fraction of sp³-hybridized carbons (Fsp3) is 0.375. The summed E-state index contributed by atoms with van der Waals surface area (Å²) in [5.74, 6) is -13.5. The number of pyridine rings is 1. The number of ketones is 1. The van der Waals surface area contributed by atoms with Crippen LogP contribution in [0.1, 0.15) is 39.7 Å². The van der Waals surface area contributed by atoms with E-state index in [2.05, 4.69) is 15.4 Å². The maximum absolute atomic E-state index is 13.8. The van der Waals surface area contributed by atoms with E-state index >= 15 is 0 Å². The molecule has 206 valence electrons. The van der Waals surface area contributed by atoms with Crippen molar-refractivity contribution in [2.45, 2.75) is 45.7 Å². The molecule has 0 aliphatic heterocycles. The molecule has 1 unspecified atom stereocenters. The van der Waals surface area contributed by atoms with Crippen molar-refractivity contribution >= 4 is 29.3 Å². The maximum atomic E-state index is 13.8. The van der Waals surface area contributed by atoms with Gasteiger partial charge in [0, 0.05) is 18.2 Å². The molecule has 0 aliphatic carbocycles. The Kier molecular flexibility index (Phi) is 10.1. The van der Waals surface area contributed by atoms with Crippen molar-refractivity contribution in [1.29, 1.82) is 0 Å². The summed E-state index contributed by atoms with van der Waals surface area (Å²) < 4.78 is 59.9. The average molecular weight is 543 g/mol. The van der Waals surface area contributed by atoms with Crippen LogP contribution in [0.4, 0.5) is 23.2 Å². The minimum atomic E-state index is -1.91. The highest BCUT2D eigenvalue weighted by molar-refractivity contribution is 5.94. The van der Waals surface area contributed by atoms with E-state index in [0.717, 1.165) is 4.57 Å². The minimum absolute atomic E-state index is 0.00318. The molecular weight excluding hydrogens is 518 g/mol. The molecule has 14 heteroatoms. The fourth-order valence-corrected chi connectivity index (χ4v) is 3.25. The number of Topliss-reactive ketones (excluding diaryl/α,β-unsaturated/α-hetero) is 1. The number of carbonyl (C=O) groups excluding carboxylic acids is 3. The van der Waals surface area contributed by atoms with Crippen molar-refractivity contribution in [1.82, 2.24) is 9.88 Å². The molecule has 1 aromatic carbocycles. The predicted molar refractivity (Wildman–Crippen MR) is 124 cm³/mol. The first-order valence-electron chi connectivity index (χ1n) is 11.3. The van der Waals surface area contributed by atoms with Gasteiger partial charge in [-0.3, -0.25) is 24.0 Å². The third-order valence-corrected chi connectivity index (χ3v) is 5.30. The average Bonchev–Trinajstić information content (AvgIpc) is 2.84. The van der Waals surface area contributed by atoms with E-state index in [-0.39, 0.29) is 18.2 Å². The Hall–Kier alpha value is -4.23. The van der Waals surface area contributed by atoms with Crippen molar-refractivity contribution in [3.8, 4) is 5.75 Å². The van der Waals surface area contributed by atoms with E-state index in [1.807, 2.05) is 0 Å². The van der Waals surface area contributed by atoms with Gasteiger partial charge in [-0.1, -0.05) is 20.8 Å². The minimum Gasteiger partial charge on any atom is -0.481 e. The van der Waals surface area contributed by atoms with Gasteiger partial charge in [0.05, 0.1) is 6.42 Å². The van der Waals surface area contributed by atoms with E-state index < -0.39 is 89.2 Å². The van der Waals surface area contributed by atoms with E-state index in [1.165, 1.54) is 25.3 Å². The lowest BCUT2D eigenvalue weighted by molar-refractivity contribution is -0.140. The van der Waals surface area contributed by atoms with Gasteiger partial charge in [-0.2, -0.15) is 8.78 Å². The van der Waals surface area contributed by atoms with Crippen LogP contribution in [-0.4, -0.2) is 45.9 Å². The zero-order valence-electron chi connectivity index (χ0n) is 20.5. The Bertz CT molecular complexity index is 1270. The lowest BCUT2D eigenvalue weighted by Gasteiger charge is -2.22. The number of carboxylic acids is 1. The molecule has 0 aliphatic rings.